The number of nitrogens with zero attached hydrogens (tertiary/aromatic N) is 4. The Morgan fingerprint density at radius 2 is 1.08 bits per heavy atom. The molecule has 0 bridgehead atoms. The van der Waals surface area contributed by atoms with Gasteiger partial charge in [0.1, 0.15) is 23.7 Å². The highest BCUT2D eigenvalue weighted by molar-refractivity contribution is 5.93. The van der Waals surface area contributed by atoms with Crippen LogP contribution >= 0.6 is 0 Å². The summed E-state index contributed by atoms with van der Waals surface area (Å²) in [6, 6.07) is 23.2. The number of rotatable bonds is 10. The van der Waals surface area contributed by atoms with E-state index in [0.717, 1.165) is 86.6 Å². The Kier molecular flexibility index (Phi) is 10.7. The van der Waals surface area contributed by atoms with Gasteiger partial charge in [-0.3, -0.25) is 9.59 Å². The quantitative estimate of drug-likeness (QED) is 0.0925. The number of H-pyrrole nitrogens is 2. The van der Waals surface area contributed by atoms with E-state index in [1.165, 1.54) is 7.11 Å². The van der Waals surface area contributed by atoms with Crippen molar-refractivity contribution in [2.45, 2.75) is 77.5 Å². The Hall–Kier alpha value is -6.44. The number of amides is 4. The van der Waals surface area contributed by atoms with Crippen LogP contribution < -0.4 is 10.6 Å². The largest absolute Gasteiger partial charge is 0.465 e. The van der Waals surface area contributed by atoms with Gasteiger partial charge in [0.15, 0.2) is 0 Å². The number of nitrogens with one attached hydrogen (secondary N) is 4. The number of aromatic nitrogens is 4. The average Bonchev–Trinajstić information content (AvgIpc) is 4.05. The normalized spacial score (nSPS) is 17.9. The summed E-state index contributed by atoms with van der Waals surface area (Å²) in [4.78, 5) is 71.0. The highest BCUT2D eigenvalue weighted by Gasteiger charge is 2.39. The monoisotopic (exact) mass is 798 g/mol. The lowest BCUT2D eigenvalue weighted by atomic mass is 9.97. The van der Waals surface area contributed by atoms with Gasteiger partial charge in [-0.25, -0.2) is 19.6 Å². The molecule has 0 saturated carbocycles. The molecule has 4 amide bonds. The topological polar surface area (TPSA) is 186 Å². The number of carboxylic acid groups (broad SMARTS) is 1. The van der Waals surface area contributed by atoms with Crippen molar-refractivity contribution in [1.29, 1.82) is 0 Å². The lowest BCUT2D eigenvalue weighted by molar-refractivity contribution is -0.136. The summed E-state index contributed by atoms with van der Waals surface area (Å²) in [5.74, 6) is 0.774. The van der Waals surface area contributed by atoms with Crippen LogP contribution in [0.5, 0.6) is 0 Å². The minimum absolute atomic E-state index is 0.111. The van der Waals surface area contributed by atoms with Gasteiger partial charge in [-0.05, 0) is 107 Å². The minimum Gasteiger partial charge on any atom is -0.465 e. The molecule has 4 heterocycles. The zero-order valence-electron chi connectivity index (χ0n) is 33.9. The molecule has 2 aromatic heterocycles. The van der Waals surface area contributed by atoms with Gasteiger partial charge < -0.3 is 40.2 Å². The van der Waals surface area contributed by atoms with Crippen LogP contribution in [0.1, 0.15) is 77.1 Å². The maximum atomic E-state index is 13.7. The van der Waals surface area contributed by atoms with E-state index in [1.54, 1.807) is 4.90 Å². The SMILES string of the molecule is COC(=O)NC(C(=O)N1CCC[C@H]1c1nc2cc(-c3ccc4cc(-c5ccc6[nH]c([C@@H]7CCCN7C(=O)C(NC(=O)O)C(C)C)nc6c5)ccc4c3)ccc2[nH]1)C(C)C. The van der Waals surface area contributed by atoms with E-state index in [4.69, 9.17) is 14.7 Å². The van der Waals surface area contributed by atoms with Crippen LogP contribution in [0.25, 0.3) is 55.1 Å². The second kappa shape index (κ2) is 16.1. The molecule has 0 radical (unpaired) electrons. The van der Waals surface area contributed by atoms with Crippen LogP contribution in [0.2, 0.25) is 0 Å². The number of benzene rings is 4. The summed E-state index contributed by atoms with van der Waals surface area (Å²) in [5, 5.41) is 16.6. The van der Waals surface area contributed by atoms with Gasteiger partial charge in [0.2, 0.25) is 11.8 Å². The molecule has 4 aromatic carbocycles. The predicted molar refractivity (Wildman–Crippen MR) is 225 cm³/mol. The van der Waals surface area contributed by atoms with Crippen LogP contribution in [-0.4, -0.2) is 91.1 Å². The third-order valence-corrected chi connectivity index (χ3v) is 11.8. The molecule has 2 aliphatic heterocycles. The number of carbonyl (C=O) groups excluding carboxylic acids is 3. The molecular weight excluding hydrogens is 749 g/mol. The highest BCUT2D eigenvalue weighted by Crippen LogP contribution is 2.36. The summed E-state index contributed by atoms with van der Waals surface area (Å²) < 4.78 is 4.78. The standard InChI is InChI=1S/C45H50N8O6/c1-24(2)38(50-44(56)57)42(54)52-18-6-8-36(52)40-46-32-16-14-30(22-34(32)48-40)28-12-10-27-21-29(13-11-26(27)20-28)31-15-17-33-35(23-31)49-41(47-33)37-9-7-19-53(37)43(55)39(25(3)4)51-45(58)59-5/h10-17,20-25,36-39,50H,6-9,18-19H2,1-5H3,(H,46,48)(H,47,49)(H,51,58)(H,56,57)/t36-,37-,38?,39?/m0/s1. The molecule has 59 heavy (non-hydrogen) atoms. The highest BCUT2D eigenvalue weighted by atomic mass is 16.5. The van der Waals surface area contributed by atoms with Crippen LogP contribution in [0.3, 0.4) is 0 Å². The molecular formula is C45H50N8O6. The molecule has 2 unspecified atom stereocenters. The number of hydrogen-bond acceptors (Lipinski definition) is 7. The Morgan fingerprint density at radius 3 is 1.51 bits per heavy atom. The molecule has 14 heteroatoms. The Bertz CT molecular complexity index is 2580. The average molecular weight is 799 g/mol. The molecule has 2 fully saturated rings. The molecule has 0 aliphatic carbocycles. The maximum absolute atomic E-state index is 13.7. The zero-order valence-corrected chi connectivity index (χ0v) is 33.9. The summed E-state index contributed by atoms with van der Waals surface area (Å²) in [6.45, 7) is 8.63. The van der Waals surface area contributed by atoms with Gasteiger partial charge in [-0.1, -0.05) is 64.1 Å². The lowest BCUT2D eigenvalue weighted by Crippen LogP contribution is -2.51. The number of methoxy groups -OCH3 is 1. The van der Waals surface area contributed by atoms with Gasteiger partial charge in [-0.15, -0.1) is 0 Å². The first-order valence-corrected chi connectivity index (χ1v) is 20.4. The third kappa shape index (κ3) is 7.78. The van der Waals surface area contributed by atoms with E-state index in [2.05, 4.69) is 81.3 Å². The molecule has 0 spiro atoms. The summed E-state index contributed by atoms with van der Waals surface area (Å²) in [7, 11) is 1.29. The van der Waals surface area contributed by atoms with Gasteiger partial charge in [-0.2, -0.15) is 0 Å². The van der Waals surface area contributed by atoms with E-state index in [-0.39, 0.29) is 35.7 Å². The Balaban J connectivity index is 0.997. The maximum Gasteiger partial charge on any atom is 0.407 e. The smallest absolute Gasteiger partial charge is 0.407 e. The molecule has 5 N–H and O–H groups in total. The summed E-state index contributed by atoms with van der Waals surface area (Å²) in [5.41, 5.74) is 7.56. The van der Waals surface area contributed by atoms with Crippen molar-refractivity contribution in [3.8, 4) is 22.3 Å². The van der Waals surface area contributed by atoms with Crippen molar-refractivity contribution in [3.63, 3.8) is 0 Å². The first-order valence-electron chi connectivity index (χ1n) is 20.4. The molecule has 2 aliphatic rings. The summed E-state index contributed by atoms with van der Waals surface area (Å²) >= 11 is 0. The number of carbonyl (C=O) groups is 4. The first-order chi connectivity index (χ1) is 28.4. The third-order valence-electron chi connectivity index (χ3n) is 11.8. The molecule has 306 valence electrons. The number of aromatic amines is 2. The molecule has 14 nitrogen and oxygen atoms in total. The second-order valence-electron chi connectivity index (χ2n) is 16.4. The number of ether oxygens (including phenoxy) is 1. The molecule has 4 atom stereocenters. The molecule has 8 rings (SSSR count). The molecule has 2 saturated heterocycles. The van der Waals surface area contributed by atoms with Crippen molar-refractivity contribution in [1.82, 2.24) is 40.4 Å². The van der Waals surface area contributed by atoms with Crippen LogP contribution in [0.4, 0.5) is 9.59 Å². The van der Waals surface area contributed by atoms with Crippen molar-refractivity contribution >= 4 is 56.8 Å². The van der Waals surface area contributed by atoms with Crippen LogP contribution in [0.15, 0.2) is 72.8 Å². The predicted octanol–water partition coefficient (Wildman–Crippen LogP) is 7.93. The number of hydrogen-bond donors (Lipinski definition) is 5. The van der Waals surface area contributed by atoms with Gasteiger partial charge >= 0.3 is 12.2 Å². The van der Waals surface area contributed by atoms with Gasteiger partial charge in [0.25, 0.3) is 0 Å². The fourth-order valence-electron chi connectivity index (χ4n) is 8.66. The summed E-state index contributed by atoms with van der Waals surface area (Å²) in [6.07, 6.45) is 1.35. The van der Waals surface area contributed by atoms with E-state index in [9.17, 15) is 24.3 Å². The van der Waals surface area contributed by atoms with Gasteiger partial charge in [0, 0.05) is 13.1 Å². The number of alkyl carbamates (subject to hydrolysis) is 1. The Labute approximate surface area is 341 Å². The van der Waals surface area contributed by atoms with E-state index < -0.39 is 24.3 Å². The van der Waals surface area contributed by atoms with Crippen LogP contribution in [-0.2, 0) is 14.3 Å². The van der Waals surface area contributed by atoms with E-state index >= 15 is 0 Å². The van der Waals surface area contributed by atoms with Gasteiger partial charge in [0.05, 0.1) is 41.3 Å². The second-order valence-corrected chi connectivity index (χ2v) is 16.4. The van der Waals surface area contributed by atoms with Crippen molar-refractivity contribution < 1.29 is 29.0 Å². The minimum atomic E-state index is -1.21. The molecule has 6 aromatic rings. The van der Waals surface area contributed by atoms with Crippen molar-refractivity contribution in [2.75, 3.05) is 20.2 Å². The van der Waals surface area contributed by atoms with E-state index in [1.807, 2.05) is 44.7 Å². The fourth-order valence-corrected chi connectivity index (χ4v) is 8.66. The zero-order chi connectivity index (χ0) is 41.5. The number of likely N-dealkylation sites (tertiary alicyclic amines) is 2. The van der Waals surface area contributed by atoms with Crippen molar-refractivity contribution in [2.24, 2.45) is 11.8 Å². The van der Waals surface area contributed by atoms with E-state index in [0.29, 0.717) is 18.9 Å². The van der Waals surface area contributed by atoms with Crippen molar-refractivity contribution in [3.05, 3.63) is 84.4 Å². The Morgan fingerprint density at radius 1 is 0.661 bits per heavy atom. The number of fused-ring (bicyclic) bond motifs is 3. The lowest BCUT2D eigenvalue weighted by Gasteiger charge is -2.29. The van der Waals surface area contributed by atoms with Crippen LogP contribution in [0, 0.1) is 11.8 Å². The fraction of sp³-hybridized carbons (Fsp3) is 0.378. The first kappa shape index (κ1) is 39.4. The number of imidazole rings is 2.